The number of nitrogens with zero attached hydrogens (tertiary/aromatic N) is 1. The van der Waals surface area contributed by atoms with Crippen molar-refractivity contribution < 1.29 is 9.26 Å². The first-order valence-electron chi connectivity index (χ1n) is 4.19. The molecule has 0 saturated heterocycles. The van der Waals surface area contributed by atoms with E-state index in [4.69, 9.17) is 26.6 Å². The topological polar surface area (TPSA) is 61.3 Å². The summed E-state index contributed by atoms with van der Waals surface area (Å²) >= 11 is 5.78. The molecule has 0 aliphatic carbocycles. The minimum absolute atomic E-state index is 0. The molecule has 1 aromatic heterocycles. The molecular weight excluding hydrogens is 239 g/mol. The lowest BCUT2D eigenvalue weighted by Crippen LogP contribution is -2.10. The maximum Gasteiger partial charge on any atom is 0.262 e. The Morgan fingerprint density at radius 3 is 3.00 bits per heavy atom. The number of benzene rings is 1. The van der Waals surface area contributed by atoms with Crippen LogP contribution >= 0.6 is 24.0 Å². The minimum atomic E-state index is 0. The monoisotopic (exact) mass is 248 g/mol. The Balaban J connectivity index is 0.00000112. The van der Waals surface area contributed by atoms with Crippen molar-refractivity contribution in [2.75, 3.05) is 13.2 Å². The highest BCUT2D eigenvalue weighted by atomic mass is 35.5. The van der Waals surface area contributed by atoms with Crippen LogP contribution in [0.3, 0.4) is 0 Å². The van der Waals surface area contributed by atoms with E-state index in [1.54, 1.807) is 18.2 Å². The van der Waals surface area contributed by atoms with Gasteiger partial charge in [0, 0.05) is 17.6 Å². The molecule has 0 atom stereocenters. The third kappa shape index (κ3) is 2.53. The molecule has 4 nitrogen and oxygen atoms in total. The smallest absolute Gasteiger partial charge is 0.262 e. The van der Waals surface area contributed by atoms with Gasteiger partial charge in [0.2, 0.25) is 0 Å². The van der Waals surface area contributed by atoms with Crippen molar-refractivity contribution in [3.8, 4) is 5.88 Å². The van der Waals surface area contributed by atoms with Crippen LogP contribution in [0.4, 0.5) is 0 Å². The number of halogens is 2. The number of ether oxygens (including phenoxy) is 1. The molecule has 0 radical (unpaired) electrons. The molecule has 15 heavy (non-hydrogen) atoms. The molecule has 82 valence electrons. The number of hydrogen-bond donors (Lipinski definition) is 1. The van der Waals surface area contributed by atoms with Crippen molar-refractivity contribution in [1.29, 1.82) is 0 Å². The summed E-state index contributed by atoms with van der Waals surface area (Å²) < 4.78 is 10.3. The van der Waals surface area contributed by atoms with Crippen molar-refractivity contribution in [3.63, 3.8) is 0 Å². The summed E-state index contributed by atoms with van der Waals surface area (Å²) in [7, 11) is 0. The van der Waals surface area contributed by atoms with Gasteiger partial charge in [-0.1, -0.05) is 11.6 Å². The van der Waals surface area contributed by atoms with E-state index in [1.165, 1.54) is 0 Å². The predicted octanol–water partition coefficient (Wildman–Crippen LogP) is 2.24. The van der Waals surface area contributed by atoms with Crippen LogP contribution < -0.4 is 10.5 Å². The average molecular weight is 249 g/mol. The average Bonchev–Trinajstić information content (AvgIpc) is 2.57. The Labute approximate surface area is 97.7 Å². The maximum atomic E-state index is 5.78. The number of rotatable bonds is 3. The summed E-state index contributed by atoms with van der Waals surface area (Å²) in [6.07, 6.45) is 0. The van der Waals surface area contributed by atoms with Crippen LogP contribution in [0.1, 0.15) is 0 Å². The molecular formula is C9H10Cl2N2O2. The molecule has 6 heteroatoms. The molecule has 1 aromatic carbocycles. The first kappa shape index (κ1) is 12.1. The normalized spacial score (nSPS) is 10.0. The van der Waals surface area contributed by atoms with Crippen LogP contribution in [0.15, 0.2) is 22.7 Å². The second-order valence-corrected chi connectivity index (χ2v) is 3.20. The summed E-state index contributed by atoms with van der Waals surface area (Å²) in [4.78, 5) is 0. The highest BCUT2D eigenvalue weighted by Gasteiger charge is 2.08. The molecule has 0 aliphatic heterocycles. The third-order valence-electron chi connectivity index (χ3n) is 1.76. The molecule has 2 aromatic rings. The Kier molecular flexibility index (Phi) is 4.20. The van der Waals surface area contributed by atoms with E-state index in [0.29, 0.717) is 29.6 Å². The lowest BCUT2D eigenvalue weighted by atomic mass is 10.3. The summed E-state index contributed by atoms with van der Waals surface area (Å²) in [5, 5.41) is 5.18. The zero-order valence-electron chi connectivity index (χ0n) is 7.77. The lowest BCUT2D eigenvalue weighted by molar-refractivity contribution is 0.293. The molecule has 0 fully saturated rings. The lowest BCUT2D eigenvalue weighted by Gasteiger charge is -1.98. The summed E-state index contributed by atoms with van der Waals surface area (Å²) in [6, 6.07) is 5.26. The van der Waals surface area contributed by atoms with Crippen LogP contribution in [0.2, 0.25) is 5.02 Å². The van der Waals surface area contributed by atoms with Gasteiger partial charge in [0.1, 0.15) is 6.61 Å². The van der Waals surface area contributed by atoms with Crippen LogP contribution in [0, 0.1) is 0 Å². The van der Waals surface area contributed by atoms with Gasteiger partial charge in [0.15, 0.2) is 5.58 Å². The van der Waals surface area contributed by atoms with Crippen molar-refractivity contribution in [2.45, 2.75) is 0 Å². The van der Waals surface area contributed by atoms with E-state index >= 15 is 0 Å². The summed E-state index contributed by atoms with van der Waals surface area (Å²) in [6.45, 7) is 0.867. The van der Waals surface area contributed by atoms with E-state index in [-0.39, 0.29) is 12.4 Å². The SMILES string of the molecule is Cl.NCCOc1noc2cc(Cl)ccc12. The number of fused-ring (bicyclic) bond motifs is 1. The number of aromatic nitrogens is 1. The Morgan fingerprint density at radius 2 is 2.27 bits per heavy atom. The maximum absolute atomic E-state index is 5.78. The number of nitrogens with two attached hydrogens (primary N) is 1. The second-order valence-electron chi connectivity index (χ2n) is 2.77. The van der Waals surface area contributed by atoms with E-state index < -0.39 is 0 Å². The van der Waals surface area contributed by atoms with E-state index in [1.807, 2.05) is 0 Å². The Hall–Kier alpha value is -0.970. The van der Waals surface area contributed by atoms with Gasteiger partial charge in [-0.25, -0.2) is 0 Å². The van der Waals surface area contributed by atoms with Gasteiger partial charge in [-0.2, -0.15) is 0 Å². The van der Waals surface area contributed by atoms with Crippen molar-refractivity contribution in [1.82, 2.24) is 5.16 Å². The highest BCUT2D eigenvalue weighted by Crippen LogP contribution is 2.26. The van der Waals surface area contributed by atoms with Crippen LogP contribution in [-0.2, 0) is 0 Å². The van der Waals surface area contributed by atoms with E-state index in [2.05, 4.69) is 5.16 Å². The quantitative estimate of drug-likeness (QED) is 0.906. The molecule has 2 rings (SSSR count). The van der Waals surface area contributed by atoms with Gasteiger partial charge in [-0.05, 0) is 17.3 Å². The van der Waals surface area contributed by atoms with Crippen LogP contribution in [-0.4, -0.2) is 18.3 Å². The van der Waals surface area contributed by atoms with E-state index in [0.717, 1.165) is 5.39 Å². The molecule has 0 spiro atoms. The van der Waals surface area contributed by atoms with Gasteiger partial charge in [-0.3, -0.25) is 0 Å². The fourth-order valence-electron chi connectivity index (χ4n) is 1.15. The van der Waals surface area contributed by atoms with Crippen molar-refractivity contribution in [2.24, 2.45) is 5.73 Å². The van der Waals surface area contributed by atoms with Gasteiger partial charge < -0.3 is 15.0 Å². The van der Waals surface area contributed by atoms with E-state index in [9.17, 15) is 0 Å². The minimum Gasteiger partial charge on any atom is -0.474 e. The Bertz CT molecular complexity index is 445. The standard InChI is InChI=1S/C9H9ClN2O2.ClH/c10-6-1-2-7-8(5-6)14-12-9(7)13-4-3-11;/h1-2,5H,3-4,11H2;1H. The fourth-order valence-corrected chi connectivity index (χ4v) is 1.31. The zero-order chi connectivity index (χ0) is 9.97. The van der Waals surface area contributed by atoms with Gasteiger partial charge in [-0.15, -0.1) is 12.4 Å². The molecule has 0 unspecified atom stereocenters. The second kappa shape index (κ2) is 5.21. The van der Waals surface area contributed by atoms with Crippen molar-refractivity contribution in [3.05, 3.63) is 23.2 Å². The highest BCUT2D eigenvalue weighted by molar-refractivity contribution is 6.31. The first-order chi connectivity index (χ1) is 6.81. The molecule has 0 aliphatic rings. The molecule has 0 amide bonds. The number of hydrogen-bond acceptors (Lipinski definition) is 4. The van der Waals surface area contributed by atoms with Gasteiger partial charge in [0.25, 0.3) is 5.88 Å². The summed E-state index contributed by atoms with van der Waals surface area (Å²) in [5.74, 6) is 0.460. The predicted molar refractivity (Wildman–Crippen MR) is 60.8 cm³/mol. The largest absolute Gasteiger partial charge is 0.474 e. The van der Waals surface area contributed by atoms with Crippen LogP contribution in [0.5, 0.6) is 5.88 Å². The zero-order valence-corrected chi connectivity index (χ0v) is 9.35. The Morgan fingerprint density at radius 1 is 1.47 bits per heavy atom. The molecule has 0 bridgehead atoms. The fraction of sp³-hybridized carbons (Fsp3) is 0.222. The van der Waals surface area contributed by atoms with Gasteiger partial charge in [0.05, 0.1) is 5.39 Å². The molecule has 2 N–H and O–H groups in total. The third-order valence-corrected chi connectivity index (χ3v) is 1.99. The summed E-state index contributed by atoms with van der Waals surface area (Å²) in [5.41, 5.74) is 5.92. The first-order valence-corrected chi connectivity index (χ1v) is 4.57. The van der Waals surface area contributed by atoms with Gasteiger partial charge >= 0.3 is 0 Å². The van der Waals surface area contributed by atoms with Crippen molar-refractivity contribution >= 4 is 35.0 Å². The molecule has 1 heterocycles. The molecule has 0 saturated carbocycles. The van der Waals surface area contributed by atoms with Crippen LogP contribution in [0.25, 0.3) is 11.0 Å².